The summed E-state index contributed by atoms with van der Waals surface area (Å²) >= 11 is 6.07. The lowest BCUT2D eigenvalue weighted by molar-refractivity contribution is 0.0526. The molecule has 6 heteroatoms. The van der Waals surface area contributed by atoms with E-state index in [1.165, 1.54) is 0 Å². The quantitative estimate of drug-likeness (QED) is 0.417. The minimum Gasteiger partial charge on any atom is -0.493 e. The molecule has 1 aromatic heterocycles. The molecule has 1 heterocycles. The summed E-state index contributed by atoms with van der Waals surface area (Å²) in [6.45, 7) is 4.21. The maximum Gasteiger partial charge on any atom is 0.340 e. The minimum absolute atomic E-state index is 0.312. The summed E-state index contributed by atoms with van der Waals surface area (Å²) < 4.78 is 18.3. The van der Waals surface area contributed by atoms with Gasteiger partial charge in [0.2, 0.25) is 0 Å². The lowest BCUT2D eigenvalue weighted by Crippen LogP contribution is -2.10. The van der Waals surface area contributed by atoms with Crippen LogP contribution in [0.3, 0.4) is 0 Å². The molecule has 0 amide bonds. The number of nitrogens with zero attached hydrogens (tertiary/aromatic N) is 1. The van der Waals surface area contributed by atoms with E-state index in [0.717, 1.165) is 35.3 Å². The van der Waals surface area contributed by atoms with Crippen LogP contribution in [0.15, 0.2) is 48.7 Å². The predicted octanol–water partition coefficient (Wildman–Crippen LogP) is 5.94. The third-order valence-corrected chi connectivity index (χ3v) is 5.13. The van der Waals surface area contributed by atoms with Crippen LogP contribution in [0.1, 0.15) is 36.3 Å². The molecule has 0 radical (unpaired) electrons. The Morgan fingerprint density at radius 2 is 1.70 bits per heavy atom. The van der Waals surface area contributed by atoms with Crippen LogP contribution in [0.2, 0.25) is 5.02 Å². The summed E-state index contributed by atoms with van der Waals surface area (Å²) in [5, 5.41) is 0.643. The van der Waals surface area contributed by atoms with Gasteiger partial charge in [-0.2, -0.15) is 0 Å². The number of hydrogen-bond acceptors (Lipinski definition) is 4. The molecule has 30 heavy (non-hydrogen) atoms. The second-order valence-electron chi connectivity index (χ2n) is 6.75. The van der Waals surface area contributed by atoms with Crippen LogP contribution in [0, 0.1) is 0 Å². The van der Waals surface area contributed by atoms with Crippen molar-refractivity contribution in [2.24, 2.45) is 0 Å². The molecule has 2 aromatic carbocycles. The average molecular weight is 428 g/mol. The lowest BCUT2D eigenvalue weighted by atomic mass is 10.0. The molecular weight excluding hydrogens is 402 g/mol. The summed E-state index contributed by atoms with van der Waals surface area (Å²) in [6, 6.07) is 13.2. The number of carbonyl (C=O) groups excluding carboxylic acids is 1. The minimum atomic E-state index is -0.329. The molecule has 0 aliphatic heterocycles. The highest BCUT2D eigenvalue weighted by Gasteiger charge is 2.24. The molecule has 0 fully saturated rings. The van der Waals surface area contributed by atoms with Crippen molar-refractivity contribution in [2.75, 3.05) is 20.8 Å². The number of rotatable bonds is 8. The van der Waals surface area contributed by atoms with Crippen LogP contribution >= 0.6 is 11.6 Å². The number of aromatic nitrogens is 1. The van der Waals surface area contributed by atoms with E-state index in [1.54, 1.807) is 14.2 Å². The molecule has 0 atom stereocenters. The van der Waals surface area contributed by atoms with Crippen LogP contribution in [-0.4, -0.2) is 31.4 Å². The Balaban J connectivity index is 2.26. The van der Waals surface area contributed by atoms with Gasteiger partial charge in [0.05, 0.1) is 26.4 Å². The predicted molar refractivity (Wildman–Crippen MR) is 119 cm³/mol. The Kier molecular flexibility index (Phi) is 7.06. The molecule has 0 saturated carbocycles. The van der Waals surface area contributed by atoms with Crippen molar-refractivity contribution < 1.29 is 19.0 Å². The molecule has 0 N–H and O–H groups in total. The molecule has 0 saturated heterocycles. The first-order valence-electron chi connectivity index (χ1n) is 9.93. The maximum atomic E-state index is 13.0. The smallest absolute Gasteiger partial charge is 0.340 e. The first kappa shape index (κ1) is 21.8. The lowest BCUT2D eigenvalue weighted by Gasteiger charge is -2.13. The van der Waals surface area contributed by atoms with Gasteiger partial charge in [-0.3, -0.25) is 0 Å². The zero-order valence-corrected chi connectivity index (χ0v) is 18.5. The molecule has 158 valence electrons. The van der Waals surface area contributed by atoms with Crippen LogP contribution in [0.4, 0.5) is 0 Å². The van der Waals surface area contributed by atoms with Crippen molar-refractivity contribution in [3.05, 3.63) is 64.9 Å². The zero-order valence-electron chi connectivity index (χ0n) is 17.7. The van der Waals surface area contributed by atoms with Crippen molar-refractivity contribution >= 4 is 17.6 Å². The highest BCUT2D eigenvalue weighted by atomic mass is 35.5. The molecule has 0 bridgehead atoms. The van der Waals surface area contributed by atoms with E-state index in [-0.39, 0.29) is 5.97 Å². The van der Waals surface area contributed by atoms with Crippen LogP contribution < -0.4 is 9.47 Å². The van der Waals surface area contributed by atoms with Crippen LogP contribution in [0.5, 0.6) is 11.5 Å². The van der Waals surface area contributed by atoms with E-state index in [4.69, 9.17) is 25.8 Å². The van der Waals surface area contributed by atoms with E-state index in [0.29, 0.717) is 28.7 Å². The highest BCUT2D eigenvalue weighted by Crippen LogP contribution is 2.35. The van der Waals surface area contributed by atoms with E-state index in [1.807, 2.05) is 60.2 Å². The Morgan fingerprint density at radius 1 is 1.00 bits per heavy atom. The van der Waals surface area contributed by atoms with Gasteiger partial charge in [-0.05, 0) is 43.2 Å². The summed E-state index contributed by atoms with van der Waals surface area (Å²) in [5.74, 6) is 0.941. The summed E-state index contributed by atoms with van der Waals surface area (Å²) in [7, 11) is 3.21. The summed E-state index contributed by atoms with van der Waals surface area (Å²) in [4.78, 5) is 13.0. The summed E-state index contributed by atoms with van der Waals surface area (Å²) in [6.07, 6.45) is 3.57. The number of methoxy groups -OCH3 is 2. The van der Waals surface area contributed by atoms with E-state index in [2.05, 4.69) is 6.92 Å². The molecule has 0 spiro atoms. The normalized spacial score (nSPS) is 10.7. The maximum absolute atomic E-state index is 13.0. The Hall–Kier alpha value is -2.92. The second-order valence-corrected chi connectivity index (χ2v) is 7.19. The van der Waals surface area contributed by atoms with Gasteiger partial charge in [0.15, 0.2) is 11.5 Å². The first-order chi connectivity index (χ1) is 14.5. The topological polar surface area (TPSA) is 49.7 Å². The van der Waals surface area contributed by atoms with E-state index < -0.39 is 0 Å². The standard InChI is InChI=1S/C24H26ClNO4/c1-5-7-20-23(24(27)30-6-2)19(16-8-10-17(25)11-9-16)15-26(20)18-12-13-21(28-3)22(14-18)29-4/h8-15H,5-7H2,1-4H3. The monoisotopic (exact) mass is 427 g/mol. The fourth-order valence-electron chi connectivity index (χ4n) is 3.51. The van der Waals surface area contributed by atoms with Crippen molar-refractivity contribution in [1.29, 1.82) is 0 Å². The van der Waals surface area contributed by atoms with Crippen molar-refractivity contribution in [3.63, 3.8) is 0 Å². The zero-order chi connectivity index (χ0) is 21.7. The molecular formula is C24H26ClNO4. The number of carbonyl (C=O) groups is 1. The SMILES string of the molecule is CCCc1c(C(=O)OCC)c(-c2ccc(Cl)cc2)cn1-c1ccc(OC)c(OC)c1. The first-order valence-corrected chi connectivity index (χ1v) is 10.3. The van der Waals surface area contributed by atoms with Gasteiger partial charge in [-0.1, -0.05) is 37.1 Å². The average Bonchev–Trinajstić information content (AvgIpc) is 3.13. The van der Waals surface area contributed by atoms with E-state index >= 15 is 0 Å². The van der Waals surface area contributed by atoms with Gasteiger partial charge in [0.25, 0.3) is 0 Å². The summed E-state index contributed by atoms with van der Waals surface area (Å²) in [5.41, 5.74) is 4.06. The van der Waals surface area contributed by atoms with Gasteiger partial charge in [0.1, 0.15) is 0 Å². The third-order valence-electron chi connectivity index (χ3n) is 4.87. The number of halogens is 1. The molecule has 0 aliphatic carbocycles. The van der Waals surface area contributed by atoms with Gasteiger partial charge >= 0.3 is 5.97 Å². The largest absolute Gasteiger partial charge is 0.493 e. The fourth-order valence-corrected chi connectivity index (χ4v) is 3.64. The number of esters is 1. The Morgan fingerprint density at radius 3 is 2.30 bits per heavy atom. The Bertz CT molecular complexity index is 1020. The number of benzene rings is 2. The molecule has 3 aromatic rings. The second kappa shape index (κ2) is 9.72. The molecule has 0 aliphatic rings. The van der Waals surface area contributed by atoms with Gasteiger partial charge in [-0.25, -0.2) is 4.79 Å². The van der Waals surface area contributed by atoms with Crippen molar-refractivity contribution in [2.45, 2.75) is 26.7 Å². The highest BCUT2D eigenvalue weighted by molar-refractivity contribution is 6.30. The number of ether oxygens (including phenoxy) is 3. The van der Waals surface area contributed by atoms with Crippen LogP contribution in [-0.2, 0) is 11.2 Å². The van der Waals surface area contributed by atoms with Crippen LogP contribution in [0.25, 0.3) is 16.8 Å². The molecule has 3 rings (SSSR count). The van der Waals surface area contributed by atoms with Crippen molar-refractivity contribution in [3.8, 4) is 28.3 Å². The Labute approximate surface area is 182 Å². The molecule has 5 nitrogen and oxygen atoms in total. The van der Waals surface area contributed by atoms with Gasteiger partial charge in [0, 0.05) is 34.2 Å². The van der Waals surface area contributed by atoms with Gasteiger partial charge < -0.3 is 18.8 Å². The number of hydrogen-bond donors (Lipinski definition) is 0. The van der Waals surface area contributed by atoms with E-state index in [9.17, 15) is 4.79 Å². The van der Waals surface area contributed by atoms with Crippen molar-refractivity contribution in [1.82, 2.24) is 4.57 Å². The van der Waals surface area contributed by atoms with Gasteiger partial charge in [-0.15, -0.1) is 0 Å². The third kappa shape index (κ3) is 4.31. The fraction of sp³-hybridized carbons (Fsp3) is 0.292. The molecule has 0 unspecified atom stereocenters.